The van der Waals surface area contributed by atoms with Crippen molar-refractivity contribution in [2.75, 3.05) is 11.6 Å². The van der Waals surface area contributed by atoms with Gasteiger partial charge in [0.2, 0.25) is 0 Å². The van der Waals surface area contributed by atoms with Crippen LogP contribution in [-0.4, -0.2) is 20.1 Å². The number of nitriles is 1. The molecular weight excluding hydrogens is 222 g/mol. The Hall–Kier alpha value is -1.05. The fourth-order valence-electron chi connectivity index (χ4n) is 0.956. The van der Waals surface area contributed by atoms with Crippen molar-refractivity contribution in [3.8, 4) is 6.07 Å². The molecule has 74 valence electrons. The molecule has 0 amide bonds. The molecule has 0 bridgehead atoms. The Balaban J connectivity index is 3.05. The van der Waals surface area contributed by atoms with Crippen LogP contribution in [0.15, 0.2) is 29.2 Å². The zero-order valence-electron chi connectivity index (χ0n) is 7.27. The molecule has 0 atom stereocenters. The maximum absolute atomic E-state index is 11.5. The Morgan fingerprint density at radius 2 is 1.86 bits per heavy atom. The van der Waals surface area contributed by atoms with Gasteiger partial charge >= 0.3 is 0 Å². The highest BCUT2D eigenvalue weighted by Crippen LogP contribution is 2.12. The number of hydrogen-bond donors (Lipinski definition) is 0. The van der Waals surface area contributed by atoms with Gasteiger partial charge in [0.25, 0.3) is 0 Å². The summed E-state index contributed by atoms with van der Waals surface area (Å²) in [6.45, 7) is 0. The summed E-state index contributed by atoms with van der Waals surface area (Å²) in [4.78, 5) is 0.206. The molecule has 0 aliphatic carbocycles. The van der Waals surface area contributed by atoms with Gasteiger partial charge in [0, 0.05) is 5.88 Å². The highest BCUT2D eigenvalue weighted by atomic mass is 35.5. The van der Waals surface area contributed by atoms with E-state index in [-0.39, 0.29) is 16.5 Å². The van der Waals surface area contributed by atoms with Gasteiger partial charge in [0.1, 0.15) is 0 Å². The Morgan fingerprint density at radius 3 is 2.29 bits per heavy atom. The summed E-state index contributed by atoms with van der Waals surface area (Å²) in [7, 11) is -3.28. The normalized spacial score (nSPS) is 10.9. The van der Waals surface area contributed by atoms with Crippen LogP contribution in [0, 0.1) is 11.3 Å². The number of alkyl halides is 1. The van der Waals surface area contributed by atoms with E-state index >= 15 is 0 Å². The van der Waals surface area contributed by atoms with Gasteiger partial charge in [-0.15, -0.1) is 11.6 Å². The van der Waals surface area contributed by atoms with Crippen LogP contribution in [-0.2, 0) is 9.84 Å². The highest BCUT2D eigenvalue weighted by Gasteiger charge is 2.12. The van der Waals surface area contributed by atoms with Crippen LogP contribution in [0.5, 0.6) is 0 Å². The summed E-state index contributed by atoms with van der Waals surface area (Å²) in [5.41, 5.74) is 0.440. The topological polar surface area (TPSA) is 57.9 Å². The average molecular weight is 230 g/mol. The molecule has 14 heavy (non-hydrogen) atoms. The molecule has 5 heteroatoms. The van der Waals surface area contributed by atoms with E-state index in [1.165, 1.54) is 24.3 Å². The van der Waals surface area contributed by atoms with Gasteiger partial charge in [-0.3, -0.25) is 0 Å². The molecule has 0 aliphatic rings. The van der Waals surface area contributed by atoms with Gasteiger partial charge in [-0.05, 0) is 24.3 Å². The van der Waals surface area contributed by atoms with Crippen molar-refractivity contribution in [1.29, 1.82) is 5.26 Å². The van der Waals surface area contributed by atoms with E-state index < -0.39 is 9.84 Å². The second kappa shape index (κ2) is 4.45. The minimum absolute atomic E-state index is 0.0718. The van der Waals surface area contributed by atoms with Crippen LogP contribution in [0.4, 0.5) is 0 Å². The predicted molar refractivity (Wildman–Crippen MR) is 53.9 cm³/mol. The number of benzene rings is 1. The van der Waals surface area contributed by atoms with E-state index in [0.717, 1.165) is 0 Å². The quantitative estimate of drug-likeness (QED) is 0.740. The van der Waals surface area contributed by atoms with Crippen molar-refractivity contribution < 1.29 is 8.42 Å². The molecule has 0 aliphatic heterocycles. The molecule has 0 unspecified atom stereocenters. The van der Waals surface area contributed by atoms with Crippen LogP contribution in [0.2, 0.25) is 0 Å². The summed E-state index contributed by atoms with van der Waals surface area (Å²) < 4.78 is 22.9. The van der Waals surface area contributed by atoms with Gasteiger partial charge in [-0.25, -0.2) is 8.42 Å². The smallest absolute Gasteiger partial charge is 0.179 e. The fraction of sp³-hybridized carbons (Fsp3) is 0.222. The Kier molecular flexibility index (Phi) is 3.50. The van der Waals surface area contributed by atoms with Crippen molar-refractivity contribution >= 4 is 21.4 Å². The first-order chi connectivity index (χ1) is 6.60. The molecule has 3 nitrogen and oxygen atoms in total. The molecule has 0 heterocycles. The molecule has 1 aromatic carbocycles. The van der Waals surface area contributed by atoms with E-state index in [1.807, 2.05) is 6.07 Å². The number of rotatable bonds is 3. The van der Waals surface area contributed by atoms with E-state index in [9.17, 15) is 8.42 Å². The second-order valence-electron chi connectivity index (χ2n) is 2.64. The summed E-state index contributed by atoms with van der Waals surface area (Å²) in [5, 5.41) is 8.51. The van der Waals surface area contributed by atoms with Crippen molar-refractivity contribution in [2.24, 2.45) is 0 Å². The van der Waals surface area contributed by atoms with Crippen molar-refractivity contribution in [3.05, 3.63) is 29.8 Å². The van der Waals surface area contributed by atoms with Crippen LogP contribution in [0.25, 0.3) is 0 Å². The summed E-state index contributed by atoms with van der Waals surface area (Å²) >= 11 is 5.36. The van der Waals surface area contributed by atoms with Crippen LogP contribution in [0.3, 0.4) is 0 Å². The maximum Gasteiger partial charge on any atom is 0.179 e. The number of halogens is 1. The van der Waals surface area contributed by atoms with E-state index in [0.29, 0.717) is 5.56 Å². The Bertz CT molecular complexity index is 445. The summed E-state index contributed by atoms with van der Waals surface area (Å²) in [6.07, 6.45) is 0. The first-order valence-corrected chi connectivity index (χ1v) is 6.08. The summed E-state index contributed by atoms with van der Waals surface area (Å²) in [5.74, 6) is -0.0111. The average Bonchev–Trinajstić information content (AvgIpc) is 2.18. The van der Waals surface area contributed by atoms with Gasteiger partial charge in [-0.1, -0.05) is 0 Å². The first kappa shape index (κ1) is 11.0. The van der Waals surface area contributed by atoms with Crippen molar-refractivity contribution in [1.82, 2.24) is 0 Å². The Morgan fingerprint density at radius 1 is 1.29 bits per heavy atom. The molecular formula is C9H8ClNO2S. The highest BCUT2D eigenvalue weighted by molar-refractivity contribution is 7.91. The zero-order chi connectivity index (χ0) is 10.6. The van der Waals surface area contributed by atoms with E-state index in [2.05, 4.69) is 0 Å². The zero-order valence-corrected chi connectivity index (χ0v) is 8.85. The van der Waals surface area contributed by atoms with Crippen LogP contribution in [0.1, 0.15) is 5.56 Å². The minimum atomic E-state index is -3.28. The standard InChI is InChI=1S/C9H8ClNO2S/c10-5-6-14(12,13)9-3-1-8(7-11)2-4-9/h1-4H,5-6H2. The molecule has 0 aromatic heterocycles. The third-order valence-corrected chi connectivity index (χ3v) is 3.83. The summed E-state index contributed by atoms with van der Waals surface area (Å²) in [6, 6.07) is 7.70. The number of hydrogen-bond acceptors (Lipinski definition) is 3. The van der Waals surface area contributed by atoms with Crippen LogP contribution < -0.4 is 0 Å². The van der Waals surface area contributed by atoms with Crippen molar-refractivity contribution in [3.63, 3.8) is 0 Å². The third-order valence-electron chi connectivity index (χ3n) is 1.69. The van der Waals surface area contributed by atoms with E-state index in [4.69, 9.17) is 16.9 Å². The lowest BCUT2D eigenvalue weighted by molar-refractivity contribution is 0.597. The number of sulfone groups is 1. The van der Waals surface area contributed by atoms with Gasteiger partial charge in [-0.2, -0.15) is 5.26 Å². The largest absolute Gasteiger partial charge is 0.224 e. The molecule has 1 rings (SSSR count). The van der Waals surface area contributed by atoms with Gasteiger partial charge < -0.3 is 0 Å². The molecule has 1 aromatic rings. The SMILES string of the molecule is N#Cc1ccc(S(=O)(=O)CCCl)cc1. The molecule has 0 saturated carbocycles. The lowest BCUT2D eigenvalue weighted by Crippen LogP contribution is -2.07. The lowest BCUT2D eigenvalue weighted by atomic mass is 10.2. The first-order valence-electron chi connectivity index (χ1n) is 3.89. The monoisotopic (exact) mass is 229 g/mol. The van der Waals surface area contributed by atoms with Gasteiger partial charge in [0.05, 0.1) is 22.3 Å². The molecule has 0 N–H and O–H groups in total. The molecule has 0 saturated heterocycles. The lowest BCUT2D eigenvalue weighted by Gasteiger charge is -2.01. The van der Waals surface area contributed by atoms with E-state index in [1.54, 1.807) is 0 Å². The minimum Gasteiger partial charge on any atom is -0.224 e. The van der Waals surface area contributed by atoms with Crippen molar-refractivity contribution in [2.45, 2.75) is 4.90 Å². The second-order valence-corrected chi connectivity index (χ2v) is 5.13. The number of nitrogens with zero attached hydrogens (tertiary/aromatic N) is 1. The predicted octanol–water partition coefficient (Wildman–Crippen LogP) is 1.57. The van der Waals surface area contributed by atoms with Crippen LogP contribution >= 0.6 is 11.6 Å². The van der Waals surface area contributed by atoms with Gasteiger partial charge in [0.15, 0.2) is 9.84 Å². The fourth-order valence-corrected chi connectivity index (χ4v) is 2.56. The molecule has 0 radical (unpaired) electrons. The molecule has 0 spiro atoms. The molecule has 0 fully saturated rings. The maximum atomic E-state index is 11.5. The Labute approximate surface area is 87.8 Å². The third kappa shape index (κ3) is 2.47.